The molecule has 2 atom stereocenters. The molecule has 1 N–H and O–H groups in total. The Bertz CT molecular complexity index is 988. The van der Waals surface area contributed by atoms with Gasteiger partial charge in [-0.15, -0.1) is 0 Å². The van der Waals surface area contributed by atoms with Gasteiger partial charge in [0.2, 0.25) is 0 Å². The van der Waals surface area contributed by atoms with Crippen molar-refractivity contribution in [2.24, 2.45) is 0 Å². The van der Waals surface area contributed by atoms with E-state index in [1.807, 2.05) is 61.8 Å². The van der Waals surface area contributed by atoms with Gasteiger partial charge in [-0.25, -0.2) is 0 Å². The highest BCUT2D eigenvalue weighted by Gasteiger charge is 2.24. The van der Waals surface area contributed by atoms with Crippen molar-refractivity contribution in [2.45, 2.75) is 25.4 Å². The number of hydrogen-bond donors (Lipinski definition) is 1. The molecule has 2 heterocycles. The van der Waals surface area contributed by atoms with Gasteiger partial charge in [0.1, 0.15) is 11.9 Å². The summed E-state index contributed by atoms with van der Waals surface area (Å²) in [5.41, 5.74) is 3.36. The number of carbonyl (C=O) groups is 1. The summed E-state index contributed by atoms with van der Waals surface area (Å²) in [7, 11) is 0. The molecule has 6 heteroatoms. The second kappa shape index (κ2) is 10.2. The van der Waals surface area contributed by atoms with Gasteiger partial charge in [-0.05, 0) is 48.9 Å². The highest BCUT2D eigenvalue weighted by molar-refractivity contribution is 5.68. The number of hydrogen-bond acceptors (Lipinski definition) is 5. The highest BCUT2D eigenvalue weighted by Crippen LogP contribution is 2.29. The number of carboxylic acids is 1. The first-order valence-electron chi connectivity index (χ1n) is 11.0. The van der Waals surface area contributed by atoms with Crippen LogP contribution in [0.25, 0.3) is 0 Å². The van der Waals surface area contributed by atoms with Crippen molar-refractivity contribution in [3.05, 3.63) is 84.7 Å². The summed E-state index contributed by atoms with van der Waals surface area (Å²) in [4.78, 5) is 20.3. The predicted octanol–water partition coefficient (Wildman–Crippen LogP) is 4.43. The first-order chi connectivity index (χ1) is 15.6. The van der Waals surface area contributed by atoms with E-state index in [1.54, 1.807) is 0 Å². The molecule has 0 aliphatic carbocycles. The first-order valence-corrected chi connectivity index (χ1v) is 11.0. The Morgan fingerprint density at radius 1 is 0.906 bits per heavy atom. The van der Waals surface area contributed by atoms with Crippen LogP contribution in [0.4, 0.5) is 11.4 Å². The first kappa shape index (κ1) is 21.7. The predicted molar refractivity (Wildman–Crippen MR) is 127 cm³/mol. The van der Waals surface area contributed by atoms with E-state index in [-0.39, 0.29) is 18.4 Å². The molecule has 0 spiro atoms. The Kier molecular flexibility index (Phi) is 6.90. The molecular weight excluding hydrogens is 402 g/mol. The van der Waals surface area contributed by atoms with Crippen LogP contribution in [0.1, 0.15) is 24.8 Å². The maximum Gasteiger partial charge on any atom is 0.304 e. The third kappa shape index (κ3) is 5.38. The fourth-order valence-corrected chi connectivity index (χ4v) is 4.25. The summed E-state index contributed by atoms with van der Waals surface area (Å²) in [5.74, 6) is -0.284. The van der Waals surface area contributed by atoms with Crippen molar-refractivity contribution in [1.82, 2.24) is 4.98 Å². The largest absolute Gasteiger partial charge is 0.490 e. The van der Waals surface area contributed by atoms with Crippen LogP contribution in [0.5, 0.6) is 5.75 Å². The average Bonchev–Trinajstić information content (AvgIpc) is 2.84. The SMILES string of the molecule is CC(Oc1ccc(N2CCN(c3ccncc3)CC2)cc1)C(CC(=O)O)c1ccccc1. The molecule has 32 heavy (non-hydrogen) atoms. The Balaban J connectivity index is 1.36. The standard InChI is InChI=1S/C26H29N3O3/c1-20(25(19-26(30)31)21-5-3-2-4-6-21)32-24-9-7-22(8-10-24)28-15-17-29(18-16-28)23-11-13-27-14-12-23/h2-14,20,25H,15-19H2,1H3,(H,30,31). The highest BCUT2D eigenvalue weighted by atomic mass is 16.5. The van der Waals surface area contributed by atoms with E-state index in [4.69, 9.17) is 4.74 Å². The average molecular weight is 432 g/mol. The molecule has 1 aliphatic heterocycles. The van der Waals surface area contributed by atoms with Crippen LogP contribution < -0.4 is 14.5 Å². The minimum atomic E-state index is -0.824. The van der Waals surface area contributed by atoms with Gasteiger partial charge in [0.05, 0.1) is 6.42 Å². The number of aromatic nitrogens is 1. The third-order valence-electron chi connectivity index (χ3n) is 6.02. The minimum Gasteiger partial charge on any atom is -0.490 e. The number of anilines is 2. The summed E-state index contributed by atoms with van der Waals surface area (Å²) in [5, 5.41) is 9.36. The van der Waals surface area contributed by atoms with Gasteiger partial charge < -0.3 is 19.6 Å². The maximum atomic E-state index is 11.4. The lowest BCUT2D eigenvalue weighted by atomic mass is 9.91. The van der Waals surface area contributed by atoms with E-state index in [1.165, 1.54) is 11.4 Å². The van der Waals surface area contributed by atoms with E-state index in [0.717, 1.165) is 37.5 Å². The lowest BCUT2D eigenvalue weighted by molar-refractivity contribution is -0.138. The van der Waals surface area contributed by atoms with Gasteiger partial charge in [0.25, 0.3) is 0 Å². The number of aliphatic carboxylic acids is 1. The van der Waals surface area contributed by atoms with E-state index >= 15 is 0 Å². The number of rotatable bonds is 8. The van der Waals surface area contributed by atoms with Gasteiger partial charge >= 0.3 is 5.97 Å². The molecule has 1 aromatic heterocycles. The Morgan fingerprint density at radius 2 is 1.47 bits per heavy atom. The van der Waals surface area contributed by atoms with E-state index < -0.39 is 5.97 Å². The van der Waals surface area contributed by atoms with E-state index in [9.17, 15) is 9.90 Å². The topological polar surface area (TPSA) is 65.9 Å². The van der Waals surface area contributed by atoms with Crippen LogP contribution in [0, 0.1) is 0 Å². The molecule has 0 amide bonds. The van der Waals surface area contributed by atoms with Crippen molar-refractivity contribution in [2.75, 3.05) is 36.0 Å². The molecule has 4 rings (SSSR count). The normalized spacial score (nSPS) is 15.8. The summed E-state index contributed by atoms with van der Waals surface area (Å²) < 4.78 is 6.15. The summed E-state index contributed by atoms with van der Waals surface area (Å²) in [6, 6.07) is 21.9. The van der Waals surface area contributed by atoms with E-state index in [0.29, 0.717) is 0 Å². The van der Waals surface area contributed by atoms with Crippen LogP contribution in [-0.4, -0.2) is 48.3 Å². The molecule has 1 saturated heterocycles. The molecule has 6 nitrogen and oxygen atoms in total. The van der Waals surface area contributed by atoms with Crippen molar-refractivity contribution < 1.29 is 14.6 Å². The van der Waals surface area contributed by atoms with Crippen LogP contribution in [-0.2, 0) is 4.79 Å². The van der Waals surface area contributed by atoms with Crippen molar-refractivity contribution in [1.29, 1.82) is 0 Å². The van der Waals surface area contributed by atoms with Crippen LogP contribution >= 0.6 is 0 Å². The van der Waals surface area contributed by atoms with Crippen LogP contribution in [0.15, 0.2) is 79.1 Å². The van der Waals surface area contributed by atoms with E-state index in [2.05, 4.69) is 39.0 Å². The minimum absolute atomic E-state index is 0.0328. The van der Waals surface area contributed by atoms with Crippen molar-refractivity contribution in [3.63, 3.8) is 0 Å². The fraction of sp³-hybridized carbons (Fsp3) is 0.308. The van der Waals surface area contributed by atoms with Gasteiger partial charge in [-0.3, -0.25) is 9.78 Å². The van der Waals surface area contributed by atoms with Crippen LogP contribution in [0.2, 0.25) is 0 Å². The zero-order valence-corrected chi connectivity index (χ0v) is 18.3. The Hall–Kier alpha value is -3.54. The van der Waals surface area contributed by atoms with Gasteiger partial charge in [0, 0.05) is 55.9 Å². The Labute approximate surface area is 189 Å². The van der Waals surface area contributed by atoms with Gasteiger partial charge in [-0.2, -0.15) is 0 Å². The number of ether oxygens (including phenoxy) is 1. The lowest BCUT2D eigenvalue weighted by Gasteiger charge is -2.37. The number of benzene rings is 2. The van der Waals surface area contributed by atoms with Crippen molar-refractivity contribution in [3.8, 4) is 5.75 Å². The molecule has 0 radical (unpaired) electrons. The molecule has 1 aliphatic rings. The fourth-order valence-electron chi connectivity index (χ4n) is 4.25. The zero-order chi connectivity index (χ0) is 22.3. The molecule has 0 bridgehead atoms. The molecule has 2 unspecified atom stereocenters. The second-order valence-electron chi connectivity index (χ2n) is 8.11. The number of pyridine rings is 1. The Morgan fingerprint density at radius 3 is 2.03 bits per heavy atom. The summed E-state index contributed by atoms with van der Waals surface area (Å²) in [6.07, 6.45) is 3.44. The molecule has 2 aromatic carbocycles. The van der Waals surface area contributed by atoms with Crippen molar-refractivity contribution >= 4 is 17.3 Å². The molecule has 0 saturated carbocycles. The number of carboxylic acid groups (broad SMARTS) is 1. The van der Waals surface area contributed by atoms with Gasteiger partial charge in [0.15, 0.2) is 0 Å². The maximum absolute atomic E-state index is 11.4. The zero-order valence-electron chi connectivity index (χ0n) is 18.3. The number of piperazine rings is 1. The molecule has 1 fully saturated rings. The number of nitrogens with zero attached hydrogens (tertiary/aromatic N) is 3. The van der Waals surface area contributed by atoms with Gasteiger partial charge in [-0.1, -0.05) is 30.3 Å². The monoisotopic (exact) mass is 431 g/mol. The molecular formula is C26H29N3O3. The molecule has 3 aromatic rings. The summed E-state index contributed by atoms with van der Waals surface area (Å²) >= 11 is 0. The lowest BCUT2D eigenvalue weighted by Crippen LogP contribution is -2.46. The quantitative estimate of drug-likeness (QED) is 0.569. The third-order valence-corrected chi connectivity index (χ3v) is 6.02. The summed E-state index contributed by atoms with van der Waals surface area (Å²) in [6.45, 7) is 5.77. The second-order valence-corrected chi connectivity index (χ2v) is 8.11. The molecule has 166 valence electrons. The van der Waals surface area contributed by atoms with Crippen LogP contribution in [0.3, 0.4) is 0 Å². The smallest absolute Gasteiger partial charge is 0.304 e.